The number of unbranched alkanes of at least 4 members (excludes halogenated alkanes) is 5. The summed E-state index contributed by atoms with van der Waals surface area (Å²) in [6, 6.07) is 9.38. The summed E-state index contributed by atoms with van der Waals surface area (Å²) in [5.74, 6) is 0. The van der Waals surface area contributed by atoms with Gasteiger partial charge < -0.3 is 4.89 Å². The maximum Gasteiger partial charge on any atom is 0.473 e. The molecule has 0 saturated carbocycles. The van der Waals surface area contributed by atoms with Crippen LogP contribution < -0.4 is 0 Å². The Kier molecular flexibility index (Phi) is 8.34. The number of hydrogen-bond acceptors (Lipinski definition) is 3. The molecule has 0 fully saturated rings. The zero-order valence-corrected chi connectivity index (χ0v) is 14.9. The van der Waals surface area contributed by atoms with Crippen LogP contribution in [-0.2, 0) is 19.2 Å². The Morgan fingerprint density at radius 2 is 1.64 bits per heavy atom. The minimum absolute atomic E-state index is 0.255. The van der Waals surface area contributed by atoms with Crippen molar-refractivity contribution in [3.05, 3.63) is 35.9 Å². The van der Waals surface area contributed by atoms with Gasteiger partial charge in [-0.2, -0.15) is 0 Å². The van der Waals surface area contributed by atoms with E-state index in [0.717, 1.165) is 24.8 Å². The first-order valence-corrected chi connectivity index (χ1v) is 9.60. The van der Waals surface area contributed by atoms with Crippen molar-refractivity contribution in [1.82, 2.24) is 0 Å². The molecule has 0 aliphatic carbocycles. The van der Waals surface area contributed by atoms with Crippen LogP contribution in [0.5, 0.6) is 0 Å². The average Bonchev–Trinajstić information content (AvgIpc) is 2.46. The Balaban J connectivity index is 2.35. The van der Waals surface area contributed by atoms with Crippen molar-refractivity contribution >= 4 is 7.82 Å². The summed E-state index contributed by atoms with van der Waals surface area (Å²) in [5.41, 5.74) is -0.0282. The molecule has 1 rings (SSSR count). The van der Waals surface area contributed by atoms with Crippen molar-refractivity contribution in [1.29, 1.82) is 0 Å². The van der Waals surface area contributed by atoms with Gasteiger partial charge in [-0.15, -0.1) is 0 Å². The third kappa shape index (κ3) is 7.55. The fraction of sp³-hybridized carbons (Fsp3) is 0.647. The molecular weight excluding hydrogens is 299 g/mol. The summed E-state index contributed by atoms with van der Waals surface area (Å²) in [6.45, 7) is 5.96. The van der Waals surface area contributed by atoms with E-state index < -0.39 is 13.4 Å². The van der Waals surface area contributed by atoms with Crippen LogP contribution in [0.4, 0.5) is 0 Å². The summed E-state index contributed by atoms with van der Waals surface area (Å²) in [6.07, 6.45) is 6.61. The van der Waals surface area contributed by atoms with Gasteiger partial charge in [-0.05, 0) is 25.8 Å². The fourth-order valence-electron chi connectivity index (χ4n) is 2.27. The topological polar surface area (TPSA) is 55.8 Å². The van der Waals surface area contributed by atoms with Gasteiger partial charge >= 0.3 is 7.82 Å². The van der Waals surface area contributed by atoms with Crippen molar-refractivity contribution in [2.24, 2.45) is 0 Å². The molecule has 1 aromatic carbocycles. The number of hydrogen-bond donors (Lipinski definition) is 1. The van der Waals surface area contributed by atoms with Crippen LogP contribution in [0.15, 0.2) is 30.3 Å². The van der Waals surface area contributed by atoms with Gasteiger partial charge in [0.25, 0.3) is 0 Å². The van der Waals surface area contributed by atoms with Crippen LogP contribution in [0.2, 0.25) is 0 Å². The maximum absolute atomic E-state index is 12.0. The summed E-state index contributed by atoms with van der Waals surface area (Å²) in [4.78, 5) is 9.86. The third-order valence-corrected chi connectivity index (χ3v) is 4.76. The lowest BCUT2D eigenvalue weighted by molar-refractivity contribution is 0.0458. The molecule has 0 radical (unpaired) electrons. The van der Waals surface area contributed by atoms with E-state index in [1.165, 1.54) is 19.3 Å². The second-order valence-corrected chi connectivity index (χ2v) is 7.42. The Bertz CT molecular complexity index is 459. The van der Waals surface area contributed by atoms with Crippen LogP contribution >= 0.6 is 7.82 Å². The molecule has 1 aromatic rings. The SMILES string of the molecule is CCCCCCCCOP(=O)(O)OC(C)(C)c1ccccc1. The first-order chi connectivity index (χ1) is 10.4. The number of phosphoric acid groups is 1. The number of phosphoric ester groups is 1. The van der Waals surface area contributed by atoms with E-state index in [1.54, 1.807) is 13.8 Å². The highest BCUT2D eigenvalue weighted by molar-refractivity contribution is 7.47. The molecule has 0 aromatic heterocycles. The number of benzene rings is 1. The average molecular weight is 328 g/mol. The maximum atomic E-state index is 12.0. The van der Waals surface area contributed by atoms with Gasteiger partial charge in [-0.25, -0.2) is 4.57 Å². The molecule has 22 heavy (non-hydrogen) atoms. The van der Waals surface area contributed by atoms with Gasteiger partial charge in [0.05, 0.1) is 12.2 Å². The fourth-order valence-corrected chi connectivity index (χ4v) is 3.36. The van der Waals surface area contributed by atoms with E-state index in [2.05, 4.69) is 6.92 Å². The Morgan fingerprint density at radius 3 is 2.27 bits per heavy atom. The smallest absolute Gasteiger partial charge is 0.302 e. The molecule has 1 atom stereocenters. The Morgan fingerprint density at radius 1 is 1.05 bits per heavy atom. The molecule has 0 amide bonds. The van der Waals surface area contributed by atoms with E-state index in [4.69, 9.17) is 9.05 Å². The second kappa shape index (κ2) is 9.46. The molecule has 0 bridgehead atoms. The first-order valence-electron chi connectivity index (χ1n) is 8.11. The Hall–Kier alpha value is -0.670. The van der Waals surface area contributed by atoms with Gasteiger partial charge in [0.15, 0.2) is 0 Å². The number of rotatable bonds is 11. The molecular formula is C17H29O4P. The molecule has 5 heteroatoms. The van der Waals surface area contributed by atoms with Gasteiger partial charge in [0.1, 0.15) is 0 Å². The van der Waals surface area contributed by atoms with Crippen molar-refractivity contribution < 1.29 is 18.5 Å². The molecule has 0 saturated heterocycles. The van der Waals surface area contributed by atoms with Crippen molar-refractivity contribution in [3.63, 3.8) is 0 Å². The molecule has 0 aliphatic rings. The lowest BCUT2D eigenvalue weighted by atomic mass is 9.99. The summed E-state index contributed by atoms with van der Waals surface area (Å²) < 4.78 is 22.5. The Labute approximate surface area is 134 Å². The second-order valence-electron chi connectivity index (χ2n) is 6.04. The normalized spacial score (nSPS) is 14.7. The summed E-state index contributed by atoms with van der Waals surface area (Å²) >= 11 is 0. The predicted octanol–water partition coefficient (Wildman–Crippen LogP) is 5.42. The van der Waals surface area contributed by atoms with Gasteiger partial charge in [0.2, 0.25) is 0 Å². The monoisotopic (exact) mass is 328 g/mol. The van der Waals surface area contributed by atoms with Gasteiger partial charge in [-0.3, -0.25) is 9.05 Å². The first kappa shape index (κ1) is 19.4. The molecule has 126 valence electrons. The minimum atomic E-state index is -4.04. The van der Waals surface area contributed by atoms with Crippen LogP contribution in [0.25, 0.3) is 0 Å². The van der Waals surface area contributed by atoms with E-state index in [-0.39, 0.29) is 6.61 Å². The quantitative estimate of drug-likeness (QED) is 0.435. The van der Waals surface area contributed by atoms with Crippen molar-refractivity contribution in [3.8, 4) is 0 Å². The molecule has 0 spiro atoms. The zero-order chi connectivity index (χ0) is 16.5. The highest BCUT2D eigenvalue weighted by Gasteiger charge is 2.33. The molecule has 0 heterocycles. The zero-order valence-electron chi connectivity index (χ0n) is 14.0. The molecule has 4 nitrogen and oxygen atoms in total. The standard InChI is InChI=1S/C17H29O4P/c1-4-5-6-7-8-12-15-20-22(18,19)21-17(2,3)16-13-10-9-11-14-16/h9-11,13-14H,4-8,12,15H2,1-3H3,(H,18,19). The lowest BCUT2D eigenvalue weighted by Gasteiger charge is -2.27. The summed E-state index contributed by atoms with van der Waals surface area (Å²) in [5, 5.41) is 0. The van der Waals surface area contributed by atoms with Crippen molar-refractivity contribution in [2.75, 3.05) is 6.61 Å². The van der Waals surface area contributed by atoms with Crippen LogP contribution in [0, 0.1) is 0 Å². The summed E-state index contributed by atoms with van der Waals surface area (Å²) in [7, 11) is -4.04. The third-order valence-electron chi connectivity index (χ3n) is 3.56. The highest BCUT2D eigenvalue weighted by atomic mass is 31.2. The lowest BCUT2D eigenvalue weighted by Crippen LogP contribution is -2.20. The van der Waals surface area contributed by atoms with E-state index in [0.29, 0.717) is 0 Å². The largest absolute Gasteiger partial charge is 0.473 e. The van der Waals surface area contributed by atoms with E-state index in [1.807, 2.05) is 30.3 Å². The van der Waals surface area contributed by atoms with E-state index in [9.17, 15) is 9.46 Å². The van der Waals surface area contributed by atoms with Crippen molar-refractivity contribution in [2.45, 2.75) is 64.9 Å². The highest BCUT2D eigenvalue weighted by Crippen LogP contribution is 2.50. The minimum Gasteiger partial charge on any atom is -0.302 e. The predicted molar refractivity (Wildman–Crippen MR) is 89.7 cm³/mol. The molecule has 1 unspecified atom stereocenters. The van der Waals surface area contributed by atoms with Crippen LogP contribution in [0.1, 0.15) is 64.9 Å². The van der Waals surface area contributed by atoms with E-state index >= 15 is 0 Å². The molecule has 0 aliphatic heterocycles. The van der Waals surface area contributed by atoms with Gasteiger partial charge in [-0.1, -0.05) is 69.4 Å². The van der Waals surface area contributed by atoms with Gasteiger partial charge in [0, 0.05) is 0 Å². The molecule has 1 N–H and O–H groups in total. The van der Waals surface area contributed by atoms with Crippen LogP contribution in [-0.4, -0.2) is 11.5 Å². The van der Waals surface area contributed by atoms with Crippen LogP contribution in [0.3, 0.4) is 0 Å².